The zero-order valence-corrected chi connectivity index (χ0v) is 17.1. The minimum atomic E-state index is -0.290. The van der Waals surface area contributed by atoms with Gasteiger partial charge in [0.25, 0.3) is 0 Å². The Morgan fingerprint density at radius 2 is 1.90 bits per heavy atom. The number of esters is 1. The Bertz CT molecular complexity index is 1120. The van der Waals surface area contributed by atoms with Crippen LogP contribution < -0.4 is 4.74 Å². The summed E-state index contributed by atoms with van der Waals surface area (Å²) in [4.78, 5) is 14.3. The number of carbonyl (C=O) groups is 1. The summed E-state index contributed by atoms with van der Waals surface area (Å²) in [7, 11) is 1.56. The molecule has 0 saturated heterocycles. The Balaban J connectivity index is 1.51. The molecule has 0 radical (unpaired) electrons. The lowest BCUT2D eigenvalue weighted by molar-refractivity contribution is 0.0428. The van der Waals surface area contributed by atoms with Gasteiger partial charge < -0.3 is 14.6 Å². The van der Waals surface area contributed by atoms with Crippen LogP contribution >= 0.6 is 0 Å². The van der Waals surface area contributed by atoms with Crippen molar-refractivity contribution in [1.82, 2.24) is 14.1 Å². The van der Waals surface area contributed by atoms with E-state index in [4.69, 9.17) is 9.47 Å². The topological polar surface area (TPSA) is 69.5 Å². The van der Waals surface area contributed by atoms with Gasteiger partial charge in [-0.3, -0.25) is 0 Å². The molecule has 2 heterocycles. The van der Waals surface area contributed by atoms with Crippen molar-refractivity contribution in [2.45, 2.75) is 39.5 Å². The summed E-state index contributed by atoms with van der Waals surface area (Å²) in [5.41, 5.74) is 3.08. The van der Waals surface area contributed by atoms with Crippen molar-refractivity contribution in [3.05, 3.63) is 42.0 Å². The maximum atomic E-state index is 12.5. The molecular weight excluding hydrogens is 370 g/mol. The zero-order chi connectivity index (χ0) is 20.5. The minimum Gasteiger partial charge on any atom is -0.505 e. The number of hydrogen-bond acceptors (Lipinski definition) is 4. The number of carbonyl (C=O) groups excluding carboxylic acids is 1. The van der Waals surface area contributed by atoms with Crippen molar-refractivity contribution in [3.8, 4) is 17.2 Å². The number of phenolic OH excluding ortho intramolecular Hbond substituents is 1. The second-order valence-electron chi connectivity index (χ2n) is 7.44. The van der Waals surface area contributed by atoms with Crippen LogP contribution in [0, 0.1) is 5.92 Å². The van der Waals surface area contributed by atoms with Crippen molar-refractivity contribution in [2.24, 2.45) is 5.92 Å². The maximum absolute atomic E-state index is 12.5. The van der Waals surface area contributed by atoms with Crippen LogP contribution in [0.4, 0.5) is 0 Å². The summed E-state index contributed by atoms with van der Waals surface area (Å²) >= 11 is 0. The highest BCUT2D eigenvalue weighted by Gasteiger charge is 2.27. The second-order valence-corrected chi connectivity index (χ2v) is 7.44. The minimum absolute atomic E-state index is 0.127. The van der Waals surface area contributed by atoms with E-state index in [-0.39, 0.29) is 11.7 Å². The lowest BCUT2D eigenvalue weighted by atomic mass is 10.0. The van der Waals surface area contributed by atoms with Gasteiger partial charge in [0.15, 0.2) is 0 Å². The van der Waals surface area contributed by atoms with E-state index in [2.05, 4.69) is 13.8 Å². The van der Waals surface area contributed by atoms with Gasteiger partial charge in [-0.05, 0) is 42.7 Å². The van der Waals surface area contributed by atoms with Crippen LogP contribution in [0.3, 0.4) is 0 Å². The SMILES string of the molecule is CCCCC(CC)COC(=O)c1ccc2c(c1)n1n(-c3ccc(OC)cc3O)n21. The number of aromatic hydroxyl groups is 1. The Kier molecular flexibility index (Phi) is 5.13. The van der Waals surface area contributed by atoms with Crippen molar-refractivity contribution in [1.29, 1.82) is 0 Å². The summed E-state index contributed by atoms with van der Waals surface area (Å²) in [6, 6.07) is 10.7. The van der Waals surface area contributed by atoms with E-state index in [1.807, 2.05) is 26.2 Å². The van der Waals surface area contributed by atoms with Gasteiger partial charge in [0, 0.05) is 6.07 Å². The average molecular weight is 397 g/mol. The molecule has 1 atom stereocenters. The van der Waals surface area contributed by atoms with Gasteiger partial charge in [-0.1, -0.05) is 33.1 Å². The fourth-order valence-corrected chi connectivity index (χ4v) is 3.65. The van der Waals surface area contributed by atoms with Gasteiger partial charge in [0.1, 0.15) is 28.2 Å². The first-order chi connectivity index (χ1) is 14.1. The van der Waals surface area contributed by atoms with Gasteiger partial charge in [-0.15, -0.1) is 14.1 Å². The van der Waals surface area contributed by atoms with Crippen LogP contribution in [-0.2, 0) is 4.74 Å². The van der Waals surface area contributed by atoms with E-state index in [0.29, 0.717) is 29.5 Å². The first-order valence-electron chi connectivity index (χ1n) is 10.2. The van der Waals surface area contributed by atoms with E-state index >= 15 is 0 Å². The summed E-state index contributed by atoms with van der Waals surface area (Å²) < 4.78 is 14.5. The molecule has 0 amide bonds. The molecule has 154 valence electrons. The number of rotatable bonds is 9. The Morgan fingerprint density at radius 3 is 2.59 bits per heavy atom. The third-order valence-corrected chi connectivity index (χ3v) is 5.54. The van der Waals surface area contributed by atoms with Gasteiger partial charge in [0.05, 0.1) is 19.3 Å². The molecule has 4 aromatic rings. The van der Waals surface area contributed by atoms with E-state index in [9.17, 15) is 9.90 Å². The molecule has 7 nitrogen and oxygen atoms in total. The van der Waals surface area contributed by atoms with E-state index in [0.717, 1.165) is 36.7 Å². The number of unbranched alkanes of at least 4 members (excludes halogenated alkanes) is 1. The summed E-state index contributed by atoms with van der Waals surface area (Å²) in [6.45, 7) is 4.78. The number of nitrogens with zero attached hydrogens (tertiary/aromatic N) is 3. The Morgan fingerprint density at radius 1 is 1.10 bits per heavy atom. The molecule has 0 bridgehead atoms. The van der Waals surface area contributed by atoms with Crippen LogP contribution in [0.15, 0.2) is 36.4 Å². The highest BCUT2D eigenvalue weighted by molar-refractivity contribution is 5.94. The fourth-order valence-electron chi connectivity index (χ4n) is 3.65. The third-order valence-electron chi connectivity index (χ3n) is 5.54. The number of aromatic nitrogens is 3. The van der Waals surface area contributed by atoms with Crippen LogP contribution in [0.5, 0.6) is 11.5 Å². The molecule has 4 rings (SSSR count). The van der Waals surface area contributed by atoms with E-state index < -0.39 is 0 Å². The van der Waals surface area contributed by atoms with Gasteiger partial charge in [-0.25, -0.2) is 4.79 Å². The Labute approximate surface area is 169 Å². The number of benzene rings is 2. The lowest BCUT2D eigenvalue weighted by Gasteiger charge is -2.14. The van der Waals surface area contributed by atoms with E-state index in [1.54, 1.807) is 31.4 Å². The summed E-state index contributed by atoms with van der Waals surface area (Å²) in [6.07, 6.45) is 4.42. The van der Waals surface area contributed by atoms with Crippen LogP contribution in [0.25, 0.3) is 16.7 Å². The quantitative estimate of drug-likeness (QED) is 0.422. The molecule has 0 aliphatic rings. The lowest BCUT2D eigenvalue weighted by Crippen LogP contribution is -2.14. The van der Waals surface area contributed by atoms with Crippen LogP contribution in [0.2, 0.25) is 0 Å². The van der Waals surface area contributed by atoms with Crippen molar-refractivity contribution in [2.75, 3.05) is 13.7 Å². The molecule has 29 heavy (non-hydrogen) atoms. The van der Waals surface area contributed by atoms with Crippen molar-refractivity contribution >= 4 is 17.0 Å². The molecule has 1 unspecified atom stereocenters. The van der Waals surface area contributed by atoms with Crippen molar-refractivity contribution in [3.63, 3.8) is 0 Å². The van der Waals surface area contributed by atoms with E-state index in [1.165, 1.54) is 0 Å². The summed E-state index contributed by atoms with van der Waals surface area (Å²) in [5, 5.41) is 10.3. The molecule has 0 spiro atoms. The Hall–Kier alpha value is -3.09. The standard InChI is InChI=1S/C22H27N3O4/c1-4-6-7-15(5-2)14-29-22(27)16-8-10-18-20(12-16)25-23(18)24(25)19-11-9-17(28-3)13-21(19)26/h8-13,15,26H,4-7,14H2,1-3H3. The van der Waals surface area contributed by atoms with Gasteiger partial charge >= 0.3 is 5.97 Å². The molecule has 2 aromatic heterocycles. The van der Waals surface area contributed by atoms with Gasteiger partial charge in [-0.2, -0.15) is 0 Å². The van der Waals surface area contributed by atoms with Gasteiger partial charge in [0.2, 0.25) is 0 Å². The zero-order valence-electron chi connectivity index (χ0n) is 17.1. The predicted molar refractivity (Wildman–Crippen MR) is 111 cm³/mol. The highest BCUT2D eigenvalue weighted by atomic mass is 16.5. The first-order valence-corrected chi connectivity index (χ1v) is 10.2. The smallest absolute Gasteiger partial charge is 0.338 e. The first kappa shape index (κ1) is 19.2. The molecule has 0 saturated carbocycles. The molecule has 2 aromatic carbocycles. The number of methoxy groups -OCH3 is 1. The number of phenols is 1. The monoisotopic (exact) mass is 397 g/mol. The van der Waals surface area contributed by atoms with Crippen LogP contribution in [-0.4, -0.2) is 38.8 Å². The largest absolute Gasteiger partial charge is 0.505 e. The fraction of sp³-hybridized carbons (Fsp3) is 0.409. The molecule has 0 fully saturated rings. The molecule has 0 aliphatic heterocycles. The van der Waals surface area contributed by atoms with Crippen molar-refractivity contribution < 1.29 is 19.4 Å². The second kappa shape index (κ2) is 7.73. The van der Waals surface area contributed by atoms with Crippen LogP contribution in [0.1, 0.15) is 49.9 Å². The number of fused-ring (bicyclic) bond motifs is 4. The molecule has 1 N–H and O–H groups in total. The maximum Gasteiger partial charge on any atom is 0.338 e. The highest BCUT2D eigenvalue weighted by Crippen LogP contribution is 2.33. The number of hydrogen-bond donors (Lipinski definition) is 1. The summed E-state index contributed by atoms with van der Waals surface area (Å²) in [5.74, 6) is 0.850. The third kappa shape index (κ3) is 3.41. The molecule has 0 aliphatic carbocycles. The normalized spacial score (nSPS) is 12.8. The number of ether oxygens (including phenoxy) is 2. The average Bonchev–Trinajstić information content (AvgIpc) is 3.39. The molecular formula is C22H27N3O4. The predicted octanol–water partition coefficient (Wildman–Crippen LogP) is 4.51. The molecule has 7 heteroatoms.